The molecule has 3 aromatic heterocycles. The molecule has 0 saturated carbocycles. The van der Waals surface area contributed by atoms with Gasteiger partial charge in [0.05, 0.1) is 13.1 Å². The molecule has 1 N–H and O–H groups in total. The van der Waals surface area contributed by atoms with Crippen LogP contribution in [-0.4, -0.2) is 24.4 Å². The number of aromatic nitrogens is 4. The van der Waals surface area contributed by atoms with E-state index in [0.29, 0.717) is 0 Å². The van der Waals surface area contributed by atoms with Crippen LogP contribution in [0.1, 0.15) is 21.6 Å². The molecule has 4 rings (SSSR count). The lowest BCUT2D eigenvalue weighted by Gasteiger charge is -2.29. The van der Waals surface area contributed by atoms with E-state index in [-0.39, 0.29) is 18.7 Å². The Morgan fingerprint density at radius 1 is 1.17 bits per heavy atom. The highest BCUT2D eigenvalue weighted by Crippen LogP contribution is 2.29. The molecular formula is C22H20F2N4OS. The van der Waals surface area contributed by atoms with E-state index in [1.165, 1.54) is 29.0 Å². The number of halogens is 2. The number of hydrogen-bond donors (Lipinski definition) is 1. The summed E-state index contributed by atoms with van der Waals surface area (Å²) in [6.45, 7) is 2.07. The summed E-state index contributed by atoms with van der Waals surface area (Å²) in [4.78, 5) is 5.02. The number of aryl methyl sites for hydroxylation is 1. The highest BCUT2D eigenvalue weighted by molar-refractivity contribution is 7.11. The Hall–Kier alpha value is -3.10. The van der Waals surface area contributed by atoms with Gasteiger partial charge in [-0.15, -0.1) is 11.3 Å². The van der Waals surface area contributed by atoms with Gasteiger partial charge in [0.1, 0.15) is 29.9 Å². The first-order chi connectivity index (χ1) is 14.4. The first kappa shape index (κ1) is 20.2. The third-order valence-corrected chi connectivity index (χ3v) is 5.75. The van der Waals surface area contributed by atoms with Crippen LogP contribution in [0.3, 0.4) is 0 Å². The Labute approximate surface area is 176 Å². The van der Waals surface area contributed by atoms with E-state index in [9.17, 15) is 13.9 Å². The van der Waals surface area contributed by atoms with Crippen LogP contribution < -0.4 is 0 Å². The van der Waals surface area contributed by atoms with Gasteiger partial charge >= 0.3 is 0 Å². The molecule has 4 aromatic rings. The summed E-state index contributed by atoms with van der Waals surface area (Å²) in [5, 5.41) is 17.5. The maximum absolute atomic E-state index is 14.5. The normalized spacial score (nSPS) is 13.7. The van der Waals surface area contributed by atoms with Crippen molar-refractivity contribution in [2.75, 3.05) is 0 Å². The van der Waals surface area contributed by atoms with Gasteiger partial charge in [-0.1, -0.05) is 12.1 Å². The van der Waals surface area contributed by atoms with Crippen molar-refractivity contribution >= 4 is 23.5 Å². The fourth-order valence-electron chi connectivity index (χ4n) is 3.35. The Kier molecular flexibility index (Phi) is 5.61. The predicted molar refractivity (Wildman–Crippen MR) is 113 cm³/mol. The van der Waals surface area contributed by atoms with Gasteiger partial charge in [0.25, 0.3) is 0 Å². The lowest BCUT2D eigenvalue weighted by Crippen LogP contribution is -2.37. The van der Waals surface area contributed by atoms with Crippen molar-refractivity contribution in [2.24, 2.45) is 0 Å². The molecule has 5 nitrogen and oxygen atoms in total. The van der Waals surface area contributed by atoms with Gasteiger partial charge in [-0.05, 0) is 47.7 Å². The van der Waals surface area contributed by atoms with Gasteiger partial charge in [0, 0.05) is 28.9 Å². The summed E-state index contributed by atoms with van der Waals surface area (Å²) in [5.41, 5.74) is 0.510. The van der Waals surface area contributed by atoms with E-state index in [0.717, 1.165) is 22.6 Å². The summed E-state index contributed by atoms with van der Waals surface area (Å²) in [7, 11) is 0. The quantitative estimate of drug-likeness (QED) is 0.474. The minimum atomic E-state index is -1.66. The molecule has 0 radical (unpaired) electrons. The van der Waals surface area contributed by atoms with E-state index in [1.807, 2.05) is 30.6 Å². The summed E-state index contributed by atoms with van der Waals surface area (Å²) in [6.07, 6.45) is 10.5. The van der Waals surface area contributed by atoms with Gasteiger partial charge in [0.15, 0.2) is 0 Å². The van der Waals surface area contributed by atoms with Gasteiger partial charge in [-0.2, -0.15) is 5.10 Å². The largest absolute Gasteiger partial charge is 0.381 e. The second-order valence-electron chi connectivity index (χ2n) is 7.23. The minimum absolute atomic E-state index is 0.000692. The lowest BCUT2D eigenvalue weighted by molar-refractivity contribution is -0.00534. The number of aliphatic hydroxyl groups is 1. The first-order valence-electron chi connectivity index (χ1n) is 9.31. The van der Waals surface area contributed by atoms with Crippen LogP contribution in [-0.2, 0) is 18.7 Å². The van der Waals surface area contributed by atoms with Gasteiger partial charge in [-0.25, -0.2) is 18.4 Å². The molecule has 0 aliphatic heterocycles. The highest BCUT2D eigenvalue weighted by Gasteiger charge is 2.34. The molecule has 3 heterocycles. The van der Waals surface area contributed by atoms with Crippen LogP contribution >= 0.6 is 11.3 Å². The molecule has 1 atom stereocenters. The first-order valence-corrected chi connectivity index (χ1v) is 10.2. The fraction of sp³-hybridized carbons (Fsp3) is 0.182. The summed E-state index contributed by atoms with van der Waals surface area (Å²) in [6, 6.07) is 7.19. The van der Waals surface area contributed by atoms with Gasteiger partial charge < -0.3 is 9.67 Å². The van der Waals surface area contributed by atoms with Crippen LogP contribution in [0.15, 0.2) is 60.8 Å². The molecule has 8 heteroatoms. The number of hydrogen-bond acceptors (Lipinski definition) is 4. The number of rotatable bonds is 7. The van der Waals surface area contributed by atoms with Crippen molar-refractivity contribution < 1.29 is 13.9 Å². The highest BCUT2D eigenvalue weighted by atomic mass is 32.1. The monoisotopic (exact) mass is 426 g/mol. The van der Waals surface area contributed by atoms with E-state index in [4.69, 9.17) is 0 Å². The van der Waals surface area contributed by atoms with Crippen molar-refractivity contribution in [2.45, 2.75) is 25.6 Å². The molecule has 30 heavy (non-hydrogen) atoms. The second-order valence-corrected chi connectivity index (χ2v) is 8.17. The maximum atomic E-state index is 14.5. The summed E-state index contributed by atoms with van der Waals surface area (Å²) < 4.78 is 31.1. The summed E-state index contributed by atoms with van der Waals surface area (Å²) >= 11 is 1.67. The molecular weight excluding hydrogens is 406 g/mol. The van der Waals surface area contributed by atoms with E-state index < -0.39 is 17.2 Å². The molecule has 0 saturated heterocycles. The molecule has 154 valence electrons. The lowest BCUT2D eigenvalue weighted by atomic mass is 9.92. The van der Waals surface area contributed by atoms with Crippen molar-refractivity contribution in [3.8, 4) is 0 Å². The van der Waals surface area contributed by atoms with Crippen LogP contribution in [0.4, 0.5) is 8.78 Å². The fourth-order valence-corrected chi connectivity index (χ4v) is 4.14. The average Bonchev–Trinajstić information content (AvgIpc) is 3.43. The molecule has 0 aliphatic rings. The Bertz CT molecular complexity index is 1170. The molecule has 0 fully saturated rings. The van der Waals surface area contributed by atoms with Crippen molar-refractivity contribution in [1.29, 1.82) is 0 Å². The van der Waals surface area contributed by atoms with Crippen LogP contribution in [0.2, 0.25) is 0 Å². The van der Waals surface area contributed by atoms with Gasteiger partial charge in [0.2, 0.25) is 0 Å². The molecule has 0 amide bonds. The van der Waals surface area contributed by atoms with Crippen molar-refractivity contribution in [3.05, 3.63) is 94.0 Å². The average molecular weight is 426 g/mol. The van der Waals surface area contributed by atoms with Crippen LogP contribution in [0.5, 0.6) is 0 Å². The Morgan fingerprint density at radius 3 is 2.73 bits per heavy atom. The topological polar surface area (TPSA) is 55.9 Å². The summed E-state index contributed by atoms with van der Waals surface area (Å²) in [5.74, 6) is -1.51. The van der Waals surface area contributed by atoms with E-state index in [2.05, 4.69) is 28.5 Å². The molecule has 0 aliphatic carbocycles. The molecule has 0 bridgehead atoms. The third-order valence-electron chi connectivity index (χ3n) is 4.73. The van der Waals surface area contributed by atoms with Crippen LogP contribution in [0, 0.1) is 18.6 Å². The maximum Gasteiger partial charge on any atom is 0.137 e. The van der Waals surface area contributed by atoms with Crippen LogP contribution in [0.25, 0.3) is 12.2 Å². The molecule has 1 aromatic carbocycles. The SMILES string of the molecule is Cc1csc(C=Cc2ccn(CC(O)(Cn3cncn3)c3ccc(F)cc3F)c2)c1. The second kappa shape index (κ2) is 8.33. The Morgan fingerprint density at radius 2 is 2.03 bits per heavy atom. The van der Waals surface area contributed by atoms with Crippen molar-refractivity contribution in [3.63, 3.8) is 0 Å². The zero-order valence-corrected chi connectivity index (χ0v) is 17.1. The van der Waals surface area contributed by atoms with E-state index in [1.54, 1.807) is 15.9 Å². The standard InChI is InChI=1S/C22H20F2N4OS/c1-16-8-19(30-11-16)4-2-17-6-7-27(10-17)12-22(29,13-28-15-25-14-26-28)20-5-3-18(23)9-21(20)24/h2-11,14-15,29H,12-13H2,1H3. The molecule has 0 spiro atoms. The zero-order chi connectivity index (χ0) is 21.1. The Balaban J connectivity index is 1.60. The van der Waals surface area contributed by atoms with Crippen molar-refractivity contribution in [1.82, 2.24) is 19.3 Å². The minimum Gasteiger partial charge on any atom is -0.381 e. The zero-order valence-electron chi connectivity index (χ0n) is 16.2. The number of benzene rings is 1. The molecule has 1 unspecified atom stereocenters. The third kappa shape index (κ3) is 4.55. The predicted octanol–water partition coefficient (Wildman–Crippen LogP) is 4.49. The number of nitrogens with zero attached hydrogens (tertiary/aromatic N) is 4. The van der Waals surface area contributed by atoms with E-state index >= 15 is 0 Å². The number of thiophene rings is 1. The smallest absolute Gasteiger partial charge is 0.137 e. The van der Waals surface area contributed by atoms with Gasteiger partial charge in [-0.3, -0.25) is 0 Å².